The number of hydrogen-bond donors (Lipinski definition) is 0. The topological polar surface area (TPSA) is 41.9 Å². The molecular weight excluding hydrogens is 281 g/mol. The van der Waals surface area contributed by atoms with Crippen LogP contribution >= 0.6 is 0 Å². The van der Waals surface area contributed by atoms with Gasteiger partial charge in [-0.25, -0.2) is 4.98 Å². The lowest BCUT2D eigenvalue weighted by molar-refractivity contribution is -0.137. The number of hydrogen-bond acceptors (Lipinski definition) is 4. The number of rotatable bonds is 2. The number of anilines is 1. The molecule has 1 aliphatic rings. The standard InChI is InChI=1S/C14H13F3N4/c15-14(16,17)10-3-4-13(20-8-10)21-7-1-2-12(21)11-9-18-5-6-19-11/h3-6,8-9,12H,1-2,7H2/t12-/m0/s1. The summed E-state index contributed by atoms with van der Waals surface area (Å²) in [7, 11) is 0. The summed E-state index contributed by atoms with van der Waals surface area (Å²) in [5.41, 5.74) is 0.0817. The van der Waals surface area contributed by atoms with Crippen molar-refractivity contribution in [2.45, 2.75) is 25.1 Å². The molecule has 110 valence electrons. The number of halogens is 3. The maximum absolute atomic E-state index is 12.6. The lowest BCUT2D eigenvalue weighted by Crippen LogP contribution is -2.24. The van der Waals surface area contributed by atoms with Crippen molar-refractivity contribution in [3.05, 3.63) is 48.2 Å². The second-order valence-electron chi connectivity index (χ2n) is 4.88. The molecule has 2 aromatic heterocycles. The van der Waals surface area contributed by atoms with E-state index in [-0.39, 0.29) is 6.04 Å². The molecule has 1 fully saturated rings. The molecule has 4 nitrogen and oxygen atoms in total. The van der Waals surface area contributed by atoms with E-state index in [1.54, 1.807) is 18.6 Å². The molecular formula is C14H13F3N4. The SMILES string of the molecule is FC(F)(F)c1ccc(N2CCC[C@H]2c2cnccn2)nc1. The molecule has 1 atom stereocenters. The first-order chi connectivity index (χ1) is 10.1. The number of aromatic nitrogens is 3. The second kappa shape index (κ2) is 5.31. The van der Waals surface area contributed by atoms with Gasteiger partial charge in [-0.05, 0) is 25.0 Å². The monoisotopic (exact) mass is 294 g/mol. The molecule has 1 aliphatic heterocycles. The number of pyridine rings is 1. The first-order valence-electron chi connectivity index (χ1n) is 6.61. The highest BCUT2D eigenvalue weighted by molar-refractivity contribution is 5.43. The van der Waals surface area contributed by atoms with Crippen molar-refractivity contribution in [1.29, 1.82) is 0 Å². The van der Waals surface area contributed by atoms with Crippen molar-refractivity contribution < 1.29 is 13.2 Å². The Morgan fingerprint density at radius 2 is 1.95 bits per heavy atom. The molecule has 21 heavy (non-hydrogen) atoms. The number of nitrogens with zero attached hydrogens (tertiary/aromatic N) is 4. The van der Waals surface area contributed by atoms with Gasteiger partial charge in [0, 0.05) is 25.1 Å². The van der Waals surface area contributed by atoms with Crippen molar-refractivity contribution in [3.8, 4) is 0 Å². The van der Waals surface area contributed by atoms with Gasteiger partial charge < -0.3 is 4.90 Å². The molecule has 3 rings (SSSR count). The summed E-state index contributed by atoms with van der Waals surface area (Å²) in [4.78, 5) is 14.3. The molecule has 0 N–H and O–H groups in total. The molecule has 3 heterocycles. The van der Waals surface area contributed by atoms with Crippen molar-refractivity contribution in [2.24, 2.45) is 0 Å². The second-order valence-corrected chi connectivity index (χ2v) is 4.88. The van der Waals surface area contributed by atoms with Crippen LogP contribution in [-0.2, 0) is 6.18 Å². The fraction of sp³-hybridized carbons (Fsp3) is 0.357. The predicted octanol–water partition coefficient (Wildman–Crippen LogP) is 3.23. The summed E-state index contributed by atoms with van der Waals surface area (Å²) in [5.74, 6) is 0.538. The summed E-state index contributed by atoms with van der Waals surface area (Å²) in [5, 5.41) is 0. The third-order valence-electron chi connectivity index (χ3n) is 3.55. The predicted molar refractivity (Wildman–Crippen MR) is 70.6 cm³/mol. The molecule has 1 saturated heterocycles. The average Bonchev–Trinajstić information content (AvgIpc) is 2.97. The summed E-state index contributed by atoms with van der Waals surface area (Å²) in [6, 6.07) is 2.49. The van der Waals surface area contributed by atoms with Gasteiger partial charge in [-0.3, -0.25) is 9.97 Å². The molecule has 0 amide bonds. The molecule has 0 radical (unpaired) electrons. The fourth-order valence-corrected chi connectivity index (χ4v) is 2.55. The summed E-state index contributed by atoms with van der Waals surface area (Å²) in [6.45, 7) is 0.750. The molecule has 2 aromatic rings. The first-order valence-corrected chi connectivity index (χ1v) is 6.61. The van der Waals surface area contributed by atoms with Gasteiger partial charge in [0.1, 0.15) is 5.82 Å². The van der Waals surface area contributed by atoms with Crippen LogP contribution in [0.3, 0.4) is 0 Å². The van der Waals surface area contributed by atoms with Crippen LogP contribution in [0.1, 0.15) is 30.1 Å². The van der Waals surface area contributed by atoms with Gasteiger partial charge >= 0.3 is 6.18 Å². The van der Waals surface area contributed by atoms with Gasteiger partial charge in [-0.15, -0.1) is 0 Å². The van der Waals surface area contributed by atoms with E-state index in [0.29, 0.717) is 5.82 Å². The lowest BCUT2D eigenvalue weighted by Gasteiger charge is -2.25. The molecule has 0 saturated carbocycles. The van der Waals surface area contributed by atoms with Crippen LogP contribution < -0.4 is 4.90 Å². The molecule has 0 unspecified atom stereocenters. The normalized spacial score (nSPS) is 19.0. The van der Waals surface area contributed by atoms with Crippen LogP contribution in [0, 0.1) is 0 Å². The van der Waals surface area contributed by atoms with Gasteiger partial charge in [-0.2, -0.15) is 13.2 Å². The summed E-state index contributed by atoms with van der Waals surface area (Å²) < 4.78 is 37.7. The van der Waals surface area contributed by atoms with E-state index in [0.717, 1.165) is 37.3 Å². The van der Waals surface area contributed by atoms with Crippen molar-refractivity contribution in [3.63, 3.8) is 0 Å². The fourth-order valence-electron chi connectivity index (χ4n) is 2.55. The Morgan fingerprint density at radius 3 is 2.57 bits per heavy atom. The van der Waals surface area contributed by atoms with E-state index in [1.807, 2.05) is 4.90 Å². The maximum atomic E-state index is 12.6. The van der Waals surface area contributed by atoms with Crippen LogP contribution in [0.4, 0.5) is 19.0 Å². The van der Waals surface area contributed by atoms with Crippen LogP contribution in [0.25, 0.3) is 0 Å². The van der Waals surface area contributed by atoms with E-state index in [9.17, 15) is 13.2 Å². The van der Waals surface area contributed by atoms with Gasteiger partial charge in [0.15, 0.2) is 0 Å². The van der Waals surface area contributed by atoms with E-state index in [4.69, 9.17) is 0 Å². The quantitative estimate of drug-likeness (QED) is 0.852. The highest BCUT2D eigenvalue weighted by Crippen LogP contribution is 2.35. The van der Waals surface area contributed by atoms with Gasteiger partial charge in [0.05, 0.1) is 23.5 Å². The Kier molecular flexibility index (Phi) is 3.48. The van der Waals surface area contributed by atoms with E-state index >= 15 is 0 Å². The van der Waals surface area contributed by atoms with E-state index in [2.05, 4.69) is 15.0 Å². The Balaban J connectivity index is 1.86. The average molecular weight is 294 g/mol. The molecule has 0 spiro atoms. The highest BCUT2D eigenvalue weighted by atomic mass is 19.4. The first kappa shape index (κ1) is 13.8. The Bertz CT molecular complexity index is 598. The zero-order valence-corrected chi connectivity index (χ0v) is 11.1. The van der Waals surface area contributed by atoms with Crippen molar-refractivity contribution in [1.82, 2.24) is 15.0 Å². The van der Waals surface area contributed by atoms with Gasteiger partial charge in [-0.1, -0.05) is 0 Å². The highest BCUT2D eigenvalue weighted by Gasteiger charge is 2.32. The third-order valence-corrected chi connectivity index (χ3v) is 3.55. The largest absolute Gasteiger partial charge is 0.417 e. The van der Waals surface area contributed by atoms with Crippen LogP contribution in [0.5, 0.6) is 0 Å². The summed E-state index contributed by atoms with van der Waals surface area (Å²) in [6.07, 6.45) is 3.26. The van der Waals surface area contributed by atoms with Crippen molar-refractivity contribution >= 4 is 5.82 Å². The van der Waals surface area contributed by atoms with E-state index < -0.39 is 11.7 Å². The molecule has 7 heteroatoms. The minimum atomic E-state index is -4.36. The molecule has 0 aromatic carbocycles. The smallest absolute Gasteiger partial charge is 0.348 e. The zero-order chi connectivity index (χ0) is 14.9. The van der Waals surface area contributed by atoms with Crippen molar-refractivity contribution in [2.75, 3.05) is 11.4 Å². The Morgan fingerprint density at radius 1 is 1.10 bits per heavy atom. The zero-order valence-electron chi connectivity index (χ0n) is 11.1. The van der Waals surface area contributed by atoms with E-state index in [1.165, 1.54) is 6.07 Å². The maximum Gasteiger partial charge on any atom is 0.417 e. The number of alkyl halides is 3. The lowest BCUT2D eigenvalue weighted by atomic mass is 10.1. The minimum absolute atomic E-state index is 0.0166. The molecule has 0 aliphatic carbocycles. The van der Waals surface area contributed by atoms with Crippen LogP contribution in [-0.4, -0.2) is 21.5 Å². The van der Waals surface area contributed by atoms with Gasteiger partial charge in [0.25, 0.3) is 0 Å². The third kappa shape index (κ3) is 2.81. The Hall–Kier alpha value is -2.18. The molecule has 0 bridgehead atoms. The van der Waals surface area contributed by atoms with Crippen LogP contribution in [0.15, 0.2) is 36.9 Å². The van der Waals surface area contributed by atoms with Gasteiger partial charge in [0.2, 0.25) is 0 Å². The summed E-state index contributed by atoms with van der Waals surface area (Å²) >= 11 is 0. The van der Waals surface area contributed by atoms with Crippen LogP contribution in [0.2, 0.25) is 0 Å². The minimum Gasteiger partial charge on any atom is -0.348 e. The Labute approximate surface area is 119 Å².